The highest BCUT2D eigenvalue weighted by Crippen LogP contribution is 2.37. The Bertz CT molecular complexity index is 1340. The number of halogens is 6. The number of ether oxygens (including phenoxy) is 1. The quantitative estimate of drug-likeness (QED) is 0.257. The summed E-state index contributed by atoms with van der Waals surface area (Å²) < 4.78 is 85.8. The van der Waals surface area contributed by atoms with E-state index in [0.29, 0.717) is 31.6 Å². The van der Waals surface area contributed by atoms with Crippen molar-refractivity contribution in [2.45, 2.75) is 51.3 Å². The van der Waals surface area contributed by atoms with Gasteiger partial charge in [0.1, 0.15) is 6.54 Å². The Kier molecular flexibility index (Phi) is 9.82. The monoisotopic (exact) mass is 613 g/mol. The zero-order chi connectivity index (χ0) is 30.5. The second kappa shape index (κ2) is 13.2. The number of nitrogens with zero attached hydrogens (tertiary/aromatic N) is 2. The Balaban J connectivity index is 1.59. The van der Waals surface area contributed by atoms with Crippen LogP contribution in [0.25, 0.3) is 0 Å². The van der Waals surface area contributed by atoms with E-state index in [1.165, 1.54) is 11.3 Å². The molecule has 1 aliphatic rings. The third kappa shape index (κ3) is 8.48. The van der Waals surface area contributed by atoms with Crippen LogP contribution in [0.15, 0.2) is 60.0 Å². The fourth-order valence-corrected chi connectivity index (χ4v) is 5.44. The molecule has 3 amide bonds. The van der Waals surface area contributed by atoms with Crippen molar-refractivity contribution in [2.75, 3.05) is 25.0 Å². The summed E-state index contributed by atoms with van der Waals surface area (Å²) in [5.74, 6) is -0.445. The molecule has 0 radical (unpaired) electrons. The number of thiophene rings is 1. The number of rotatable bonds is 9. The first-order valence-electron chi connectivity index (χ1n) is 13.1. The van der Waals surface area contributed by atoms with Crippen molar-refractivity contribution in [1.29, 1.82) is 0 Å². The molecule has 13 heteroatoms. The van der Waals surface area contributed by atoms with Crippen molar-refractivity contribution in [1.82, 2.24) is 9.80 Å². The van der Waals surface area contributed by atoms with Gasteiger partial charge in [-0.1, -0.05) is 30.3 Å². The number of nitrogens with one attached hydrogen (secondary N) is 1. The first-order chi connectivity index (χ1) is 19.8. The lowest BCUT2D eigenvalue weighted by Gasteiger charge is -2.29. The lowest BCUT2D eigenvalue weighted by atomic mass is 10.1. The average molecular weight is 614 g/mol. The Morgan fingerprint density at radius 1 is 0.952 bits per heavy atom. The van der Waals surface area contributed by atoms with Gasteiger partial charge >= 0.3 is 18.4 Å². The van der Waals surface area contributed by atoms with Crippen LogP contribution in [0, 0.1) is 6.92 Å². The van der Waals surface area contributed by atoms with E-state index < -0.39 is 53.8 Å². The summed E-state index contributed by atoms with van der Waals surface area (Å²) in [5.41, 5.74) is -1.98. The molecule has 0 aliphatic carbocycles. The molecule has 0 bridgehead atoms. The Hall–Kier alpha value is -3.58. The number of hydrogen-bond donors (Lipinski definition) is 1. The van der Waals surface area contributed by atoms with E-state index in [4.69, 9.17) is 4.74 Å². The molecule has 226 valence electrons. The van der Waals surface area contributed by atoms with Crippen molar-refractivity contribution in [3.8, 4) is 0 Å². The molecule has 6 nitrogen and oxygen atoms in total. The Labute approximate surface area is 242 Å². The van der Waals surface area contributed by atoms with E-state index in [1.807, 2.05) is 48.7 Å². The summed E-state index contributed by atoms with van der Waals surface area (Å²) in [7, 11) is 0. The summed E-state index contributed by atoms with van der Waals surface area (Å²) in [6.45, 7) is 2.31. The highest BCUT2D eigenvalue weighted by Gasteiger charge is 2.37. The van der Waals surface area contributed by atoms with Gasteiger partial charge in [-0.05, 0) is 60.5 Å². The predicted octanol–water partition coefficient (Wildman–Crippen LogP) is 7.34. The lowest BCUT2D eigenvalue weighted by molar-refractivity contribution is -0.143. The molecule has 0 saturated carbocycles. The van der Waals surface area contributed by atoms with Crippen LogP contribution in [0.1, 0.15) is 40.0 Å². The van der Waals surface area contributed by atoms with Gasteiger partial charge in [0.05, 0.1) is 23.8 Å². The molecule has 1 saturated heterocycles. The predicted molar refractivity (Wildman–Crippen MR) is 146 cm³/mol. The van der Waals surface area contributed by atoms with Gasteiger partial charge in [0.25, 0.3) is 0 Å². The van der Waals surface area contributed by atoms with Gasteiger partial charge in [0, 0.05) is 30.3 Å². The first kappa shape index (κ1) is 31.4. The van der Waals surface area contributed by atoms with E-state index in [-0.39, 0.29) is 25.7 Å². The van der Waals surface area contributed by atoms with Crippen molar-refractivity contribution in [3.63, 3.8) is 0 Å². The number of benzene rings is 2. The van der Waals surface area contributed by atoms with E-state index in [2.05, 4.69) is 5.32 Å². The third-order valence-corrected chi connectivity index (χ3v) is 7.78. The van der Waals surface area contributed by atoms with Crippen LogP contribution in [0.3, 0.4) is 0 Å². The molecule has 0 spiro atoms. The SMILES string of the molecule is Cc1ccsc1CN(Cc1ccccc1)C(=O)CN(CC1CCCO1)C(=O)Nc1cc(C(F)(F)F)cc(C(F)(F)F)c1. The molecular formula is C29H29F6N3O3S. The minimum absolute atomic E-state index is 0.0165. The standard InChI is InChI=1S/C29H29F6N3O3S/c1-19-9-11-42-25(19)17-37(15-20-6-3-2-4-7-20)26(39)18-38(16-24-8-5-10-41-24)27(40)36-23-13-21(28(30,31)32)12-22(14-23)29(33,34)35/h2-4,6-7,9,11-14,24H,5,8,10,15-18H2,1H3,(H,36,40). The Morgan fingerprint density at radius 3 is 2.17 bits per heavy atom. The summed E-state index contributed by atoms with van der Waals surface area (Å²) in [5, 5.41) is 4.05. The number of amides is 3. The van der Waals surface area contributed by atoms with Crippen LogP contribution in [0.2, 0.25) is 0 Å². The van der Waals surface area contributed by atoms with Crippen LogP contribution in [0.5, 0.6) is 0 Å². The van der Waals surface area contributed by atoms with Gasteiger partial charge in [0.15, 0.2) is 0 Å². The number of urea groups is 1. The van der Waals surface area contributed by atoms with E-state index in [1.54, 1.807) is 4.90 Å². The maximum Gasteiger partial charge on any atom is 0.416 e. The van der Waals surface area contributed by atoms with Crippen LogP contribution in [0.4, 0.5) is 36.8 Å². The zero-order valence-electron chi connectivity index (χ0n) is 22.6. The Morgan fingerprint density at radius 2 is 1.62 bits per heavy atom. The minimum Gasteiger partial charge on any atom is -0.376 e. The molecular weight excluding hydrogens is 584 g/mol. The maximum absolute atomic E-state index is 13.7. The van der Waals surface area contributed by atoms with Gasteiger partial charge < -0.3 is 19.9 Å². The molecule has 1 aromatic heterocycles. The first-order valence-corrected chi connectivity index (χ1v) is 14.0. The van der Waals surface area contributed by atoms with E-state index >= 15 is 0 Å². The number of alkyl halides is 6. The second-order valence-electron chi connectivity index (χ2n) is 10.0. The van der Waals surface area contributed by atoms with Crippen molar-refractivity contribution in [2.24, 2.45) is 0 Å². The van der Waals surface area contributed by atoms with Gasteiger partial charge in [-0.2, -0.15) is 26.3 Å². The smallest absolute Gasteiger partial charge is 0.376 e. The van der Waals surface area contributed by atoms with E-state index in [0.717, 1.165) is 20.9 Å². The maximum atomic E-state index is 13.7. The van der Waals surface area contributed by atoms with Crippen LogP contribution < -0.4 is 5.32 Å². The van der Waals surface area contributed by atoms with Crippen LogP contribution in [-0.4, -0.2) is 47.5 Å². The molecule has 1 N–H and O–H groups in total. The fourth-order valence-electron chi connectivity index (χ4n) is 4.52. The second-order valence-corrected chi connectivity index (χ2v) is 11.0. The molecule has 1 atom stereocenters. The molecule has 2 heterocycles. The lowest BCUT2D eigenvalue weighted by Crippen LogP contribution is -2.46. The van der Waals surface area contributed by atoms with Gasteiger partial charge in [0.2, 0.25) is 5.91 Å². The van der Waals surface area contributed by atoms with E-state index in [9.17, 15) is 35.9 Å². The summed E-state index contributed by atoms with van der Waals surface area (Å²) >= 11 is 1.47. The molecule has 42 heavy (non-hydrogen) atoms. The minimum atomic E-state index is -5.08. The number of hydrogen-bond acceptors (Lipinski definition) is 4. The van der Waals surface area contributed by atoms with Gasteiger partial charge in [-0.25, -0.2) is 4.79 Å². The molecule has 4 rings (SSSR count). The molecule has 3 aromatic rings. The largest absolute Gasteiger partial charge is 0.416 e. The van der Waals surface area contributed by atoms with Crippen LogP contribution in [-0.2, 0) is 35.0 Å². The van der Waals surface area contributed by atoms with Crippen molar-refractivity contribution in [3.05, 3.63) is 87.1 Å². The highest BCUT2D eigenvalue weighted by molar-refractivity contribution is 7.10. The highest BCUT2D eigenvalue weighted by atomic mass is 32.1. The molecule has 1 fully saturated rings. The van der Waals surface area contributed by atoms with Crippen LogP contribution >= 0.6 is 11.3 Å². The third-order valence-electron chi connectivity index (χ3n) is 6.77. The summed E-state index contributed by atoms with van der Waals surface area (Å²) in [6, 6.07) is 11.0. The topological polar surface area (TPSA) is 61.9 Å². The molecule has 2 aromatic carbocycles. The number of aryl methyl sites for hydroxylation is 1. The normalized spacial score (nSPS) is 15.5. The number of carbonyl (C=O) groups is 2. The summed E-state index contributed by atoms with van der Waals surface area (Å²) in [4.78, 5) is 30.6. The van der Waals surface area contributed by atoms with Gasteiger partial charge in [-0.15, -0.1) is 11.3 Å². The van der Waals surface area contributed by atoms with Crippen molar-refractivity contribution < 1.29 is 40.7 Å². The average Bonchev–Trinajstić information content (AvgIpc) is 3.59. The fraction of sp³-hybridized carbons (Fsp3) is 0.379. The van der Waals surface area contributed by atoms with Crippen molar-refractivity contribution >= 4 is 29.0 Å². The number of anilines is 1. The molecule has 1 aliphatic heterocycles. The zero-order valence-corrected chi connectivity index (χ0v) is 23.4. The summed E-state index contributed by atoms with van der Waals surface area (Å²) in [6.07, 6.45) is -9.29. The number of carbonyl (C=O) groups excluding carboxylic acids is 2. The molecule has 1 unspecified atom stereocenters. The van der Waals surface area contributed by atoms with Gasteiger partial charge in [-0.3, -0.25) is 4.79 Å².